The Kier molecular flexibility index (Phi) is 2.29. The molecule has 5 nitrogen and oxygen atoms in total. The van der Waals surface area contributed by atoms with Gasteiger partial charge >= 0.3 is 0 Å². The third kappa shape index (κ3) is 1.76. The van der Waals surface area contributed by atoms with Gasteiger partial charge in [-0.15, -0.1) is 0 Å². The third-order valence-electron chi connectivity index (χ3n) is 2.27. The van der Waals surface area contributed by atoms with Gasteiger partial charge in [-0.05, 0) is 12.5 Å². The van der Waals surface area contributed by atoms with Gasteiger partial charge in [0.2, 0.25) is 0 Å². The zero-order chi connectivity index (χ0) is 10.8. The fourth-order valence-corrected chi connectivity index (χ4v) is 1.44. The van der Waals surface area contributed by atoms with Crippen LogP contribution in [0.1, 0.15) is 12.5 Å². The zero-order valence-corrected chi connectivity index (χ0v) is 8.26. The number of aromatic nitrogens is 3. The maximum Gasteiger partial charge on any atom is 0.264 e. The minimum Gasteiger partial charge on any atom is -0.328 e. The highest BCUT2D eigenvalue weighted by Crippen LogP contribution is 2.12. The Balaban J connectivity index is 2.54. The Morgan fingerprint density at radius 3 is 2.60 bits per heavy atom. The van der Waals surface area contributed by atoms with Crippen molar-refractivity contribution in [3.8, 4) is 11.3 Å². The Morgan fingerprint density at radius 2 is 2.00 bits per heavy atom. The van der Waals surface area contributed by atoms with E-state index >= 15 is 0 Å². The number of hydrogen-bond donors (Lipinski definition) is 3. The Bertz CT molecular complexity index is 577. The molecule has 2 aromatic rings. The maximum atomic E-state index is 11.3. The topological polar surface area (TPSA) is 81.5 Å². The van der Waals surface area contributed by atoms with Gasteiger partial charge in [0.15, 0.2) is 0 Å². The lowest BCUT2D eigenvalue weighted by atomic mass is 10.1. The van der Waals surface area contributed by atoms with Gasteiger partial charge < -0.3 is 4.98 Å². The van der Waals surface area contributed by atoms with Crippen LogP contribution < -0.4 is 11.1 Å². The molecule has 0 aromatic carbocycles. The number of nitrogens with one attached hydrogen (secondary N) is 3. The second-order valence-corrected chi connectivity index (χ2v) is 3.27. The summed E-state index contributed by atoms with van der Waals surface area (Å²) in [5.74, 6) is 0. The summed E-state index contributed by atoms with van der Waals surface area (Å²) in [7, 11) is 0. The van der Waals surface area contributed by atoms with Crippen LogP contribution >= 0.6 is 0 Å². The van der Waals surface area contributed by atoms with Crippen molar-refractivity contribution >= 4 is 0 Å². The molecule has 2 rings (SSSR count). The van der Waals surface area contributed by atoms with Crippen molar-refractivity contribution in [2.75, 3.05) is 0 Å². The molecular formula is C10H11N3O2. The highest BCUT2D eigenvalue weighted by molar-refractivity contribution is 5.57. The van der Waals surface area contributed by atoms with Crippen LogP contribution in [0.3, 0.4) is 0 Å². The molecule has 0 spiro atoms. The Morgan fingerprint density at radius 1 is 1.20 bits per heavy atom. The summed E-state index contributed by atoms with van der Waals surface area (Å²) in [6.45, 7) is 1.91. The van der Waals surface area contributed by atoms with Gasteiger partial charge in [0.1, 0.15) is 0 Å². The summed E-state index contributed by atoms with van der Waals surface area (Å²) in [4.78, 5) is 24.9. The molecule has 0 fully saturated rings. The molecule has 0 aliphatic rings. The van der Waals surface area contributed by atoms with Crippen molar-refractivity contribution in [3.63, 3.8) is 0 Å². The van der Waals surface area contributed by atoms with Gasteiger partial charge in [-0.25, -0.2) is 0 Å². The number of rotatable bonds is 2. The summed E-state index contributed by atoms with van der Waals surface area (Å²) in [6, 6.07) is 3.23. The number of aryl methyl sites for hydroxylation is 1. The molecule has 0 amide bonds. The van der Waals surface area contributed by atoms with E-state index in [-0.39, 0.29) is 11.1 Å². The van der Waals surface area contributed by atoms with Crippen molar-refractivity contribution in [1.29, 1.82) is 0 Å². The molecule has 78 valence electrons. The number of pyridine rings is 1. The number of hydrogen-bond acceptors (Lipinski definition) is 2. The van der Waals surface area contributed by atoms with Crippen molar-refractivity contribution in [1.82, 2.24) is 15.2 Å². The first-order chi connectivity index (χ1) is 7.20. The van der Waals surface area contributed by atoms with Gasteiger partial charge in [-0.3, -0.25) is 19.8 Å². The van der Waals surface area contributed by atoms with E-state index in [4.69, 9.17) is 0 Å². The molecule has 0 radical (unpaired) electrons. The normalized spacial score (nSPS) is 10.5. The lowest BCUT2D eigenvalue weighted by molar-refractivity contribution is 1.04. The van der Waals surface area contributed by atoms with Gasteiger partial charge in [-0.2, -0.15) is 0 Å². The molecule has 0 atom stereocenters. The average Bonchev–Trinajstić information content (AvgIpc) is 2.66. The number of H-pyrrole nitrogens is 3. The van der Waals surface area contributed by atoms with Crippen LogP contribution in [0.2, 0.25) is 0 Å². The minimum atomic E-state index is -0.186. The maximum absolute atomic E-state index is 11.3. The van der Waals surface area contributed by atoms with E-state index in [0.717, 1.165) is 5.56 Å². The van der Waals surface area contributed by atoms with Gasteiger partial charge in [0, 0.05) is 23.4 Å². The van der Waals surface area contributed by atoms with Crippen LogP contribution in [0.4, 0.5) is 0 Å². The molecule has 0 saturated carbocycles. The molecule has 0 aliphatic heterocycles. The van der Waals surface area contributed by atoms with Crippen LogP contribution in [0, 0.1) is 0 Å². The van der Waals surface area contributed by atoms with Gasteiger partial charge in [0.05, 0.1) is 5.69 Å². The van der Waals surface area contributed by atoms with Gasteiger partial charge in [0.25, 0.3) is 11.1 Å². The smallest absolute Gasteiger partial charge is 0.264 e. The second-order valence-electron chi connectivity index (χ2n) is 3.27. The summed E-state index contributed by atoms with van der Waals surface area (Å²) < 4.78 is 0. The van der Waals surface area contributed by atoms with E-state index in [9.17, 15) is 9.59 Å². The van der Waals surface area contributed by atoms with E-state index in [1.54, 1.807) is 12.3 Å². The first kappa shape index (κ1) is 9.51. The first-order valence-corrected chi connectivity index (χ1v) is 4.70. The van der Waals surface area contributed by atoms with Crippen LogP contribution in [0.25, 0.3) is 11.3 Å². The van der Waals surface area contributed by atoms with E-state index in [1.807, 2.05) is 6.92 Å². The summed E-state index contributed by atoms with van der Waals surface area (Å²) in [5, 5.41) is 5.18. The molecule has 2 heterocycles. The summed E-state index contributed by atoms with van der Waals surface area (Å²) in [5.41, 5.74) is 1.90. The molecule has 0 unspecified atom stereocenters. The summed E-state index contributed by atoms with van der Waals surface area (Å²) in [6.07, 6.45) is 2.25. The van der Waals surface area contributed by atoms with Crippen LogP contribution in [-0.2, 0) is 6.42 Å². The lowest BCUT2D eigenvalue weighted by Gasteiger charge is -1.99. The molecule has 2 aromatic heterocycles. The largest absolute Gasteiger partial charge is 0.328 e. The average molecular weight is 205 g/mol. The quantitative estimate of drug-likeness (QED) is 0.671. The van der Waals surface area contributed by atoms with Crippen molar-refractivity contribution in [2.45, 2.75) is 13.3 Å². The summed E-state index contributed by atoms with van der Waals surface area (Å²) >= 11 is 0. The predicted octanol–water partition coefficient (Wildman–Crippen LogP) is 0.621. The van der Waals surface area contributed by atoms with E-state index in [0.29, 0.717) is 17.7 Å². The lowest BCUT2D eigenvalue weighted by Crippen LogP contribution is -2.10. The van der Waals surface area contributed by atoms with Crippen LogP contribution in [0.5, 0.6) is 0 Å². The zero-order valence-electron chi connectivity index (χ0n) is 8.26. The third-order valence-corrected chi connectivity index (χ3v) is 2.27. The highest BCUT2D eigenvalue weighted by atomic mass is 16.1. The molecule has 0 bridgehead atoms. The second kappa shape index (κ2) is 3.61. The van der Waals surface area contributed by atoms with E-state index in [1.165, 1.54) is 6.07 Å². The molecule has 0 saturated heterocycles. The van der Waals surface area contributed by atoms with E-state index in [2.05, 4.69) is 15.2 Å². The molecule has 5 heteroatoms. The highest BCUT2D eigenvalue weighted by Gasteiger charge is 2.03. The Hall–Kier alpha value is -2.04. The fourth-order valence-electron chi connectivity index (χ4n) is 1.44. The molecular weight excluding hydrogens is 194 g/mol. The fraction of sp³-hybridized carbons (Fsp3) is 0.200. The molecule has 0 aliphatic carbocycles. The first-order valence-electron chi connectivity index (χ1n) is 4.70. The standard InChI is InChI=1S/C10H11N3O2/c1-2-6-3-7(5-11-10(6)15)8-4-9(14)13-12-8/h3-5H,2H2,1H3,(H,11,15)(H2,12,13,14). The van der Waals surface area contributed by atoms with Crippen LogP contribution in [0.15, 0.2) is 27.9 Å². The predicted molar refractivity (Wildman–Crippen MR) is 56.8 cm³/mol. The van der Waals surface area contributed by atoms with Crippen molar-refractivity contribution < 1.29 is 0 Å². The van der Waals surface area contributed by atoms with Crippen molar-refractivity contribution in [2.24, 2.45) is 0 Å². The van der Waals surface area contributed by atoms with Gasteiger partial charge in [-0.1, -0.05) is 6.92 Å². The Labute approximate surface area is 85.2 Å². The number of aromatic amines is 3. The minimum absolute atomic E-state index is 0.0841. The van der Waals surface area contributed by atoms with E-state index < -0.39 is 0 Å². The molecule has 15 heavy (non-hydrogen) atoms. The van der Waals surface area contributed by atoms with Crippen molar-refractivity contribution in [3.05, 3.63) is 44.6 Å². The SMILES string of the molecule is CCc1cc(-c2cc(=O)[nH][nH]2)c[nH]c1=O. The molecule has 3 N–H and O–H groups in total. The van der Waals surface area contributed by atoms with Crippen LogP contribution in [-0.4, -0.2) is 15.2 Å². The monoisotopic (exact) mass is 205 g/mol.